The minimum absolute atomic E-state index is 0.167. The minimum atomic E-state index is -0.225. The van der Waals surface area contributed by atoms with Crippen LogP contribution < -0.4 is 0 Å². The van der Waals surface area contributed by atoms with E-state index in [1.54, 1.807) is 0 Å². The van der Waals surface area contributed by atoms with Crippen LogP contribution in [0.4, 0.5) is 0 Å². The molecule has 44 heavy (non-hydrogen) atoms. The summed E-state index contributed by atoms with van der Waals surface area (Å²) in [5.41, 5.74) is 8.33. The molecule has 1 atom stereocenters. The van der Waals surface area contributed by atoms with Gasteiger partial charge in [-0.1, -0.05) is 78.9 Å². The maximum absolute atomic E-state index is 6.35. The highest BCUT2D eigenvalue weighted by Gasteiger charge is 2.38. The zero-order valence-corrected chi connectivity index (χ0v) is 27.8. The number of aryl methyl sites for hydroxylation is 4. The minimum Gasteiger partial charge on any atom is -0.368 e. The van der Waals surface area contributed by atoms with Gasteiger partial charge in [-0.05, 0) is 88.5 Å². The zero-order chi connectivity index (χ0) is 30.5. The summed E-state index contributed by atoms with van der Waals surface area (Å²) in [6, 6.07) is 35.2. The van der Waals surface area contributed by atoms with E-state index in [1.807, 2.05) is 23.5 Å². The Morgan fingerprint density at radius 3 is 1.86 bits per heavy atom. The molecule has 0 radical (unpaired) electrons. The summed E-state index contributed by atoms with van der Waals surface area (Å²) in [7, 11) is 0. The molecule has 5 aromatic rings. The molecule has 0 amide bonds. The fourth-order valence-corrected chi connectivity index (χ4v) is 9.31. The molecular weight excluding hydrogens is 581 g/mol. The third-order valence-corrected chi connectivity index (χ3v) is 11.2. The molecule has 1 saturated heterocycles. The van der Waals surface area contributed by atoms with Crippen LogP contribution in [0, 0.1) is 27.7 Å². The predicted octanol–water partition coefficient (Wildman–Crippen LogP) is 9.09. The summed E-state index contributed by atoms with van der Waals surface area (Å²) in [4.78, 5) is 1.26. The van der Waals surface area contributed by atoms with Crippen molar-refractivity contribution in [2.75, 3.05) is 12.4 Å². The van der Waals surface area contributed by atoms with Crippen molar-refractivity contribution in [2.24, 2.45) is 0 Å². The molecule has 0 spiro atoms. The first kappa shape index (κ1) is 30.8. The Bertz CT molecular complexity index is 1570. The smallest absolute Gasteiger partial charge is 0.170 e. The van der Waals surface area contributed by atoms with Gasteiger partial charge in [0.15, 0.2) is 6.17 Å². The molecule has 1 aliphatic heterocycles. The van der Waals surface area contributed by atoms with Crippen molar-refractivity contribution in [3.8, 4) is 0 Å². The Balaban J connectivity index is 1.36. The summed E-state index contributed by atoms with van der Waals surface area (Å²) in [5, 5.41) is 9.90. The first-order valence-corrected chi connectivity index (χ1v) is 17.5. The van der Waals surface area contributed by atoms with E-state index in [0.29, 0.717) is 0 Å². The van der Waals surface area contributed by atoms with Crippen molar-refractivity contribution >= 4 is 23.5 Å². The number of rotatable bonds is 11. The van der Waals surface area contributed by atoms with Gasteiger partial charge in [0, 0.05) is 28.5 Å². The third-order valence-electron chi connectivity index (χ3n) is 8.41. The molecule has 5 nitrogen and oxygen atoms in total. The van der Waals surface area contributed by atoms with E-state index in [4.69, 9.17) is 14.9 Å². The van der Waals surface area contributed by atoms with Crippen LogP contribution >= 0.6 is 23.5 Å². The second-order valence-corrected chi connectivity index (χ2v) is 14.3. The lowest BCUT2D eigenvalue weighted by Gasteiger charge is -2.38. The van der Waals surface area contributed by atoms with Gasteiger partial charge in [-0.25, -0.2) is 9.36 Å². The molecule has 228 valence electrons. The molecular formula is C37H42N4OS2. The van der Waals surface area contributed by atoms with Crippen LogP contribution in [0.1, 0.15) is 71.3 Å². The van der Waals surface area contributed by atoms with Crippen LogP contribution in [-0.2, 0) is 9.48 Å². The van der Waals surface area contributed by atoms with Gasteiger partial charge in [0.05, 0.1) is 16.1 Å². The van der Waals surface area contributed by atoms with Crippen LogP contribution in [0.25, 0.3) is 0 Å². The molecule has 1 fully saturated rings. The van der Waals surface area contributed by atoms with Gasteiger partial charge < -0.3 is 4.74 Å². The van der Waals surface area contributed by atoms with E-state index in [2.05, 4.69) is 134 Å². The molecule has 1 aliphatic rings. The highest BCUT2D eigenvalue weighted by molar-refractivity contribution is 8.01. The standard InChI is InChI=1S/C37H42N4OS2/c1-27-25-29(3)40(38-27)36(41-30(4)26-28(2)39-41)33-19-11-12-20-34(33)43-24-22-37(31-15-7-5-8-16-31,32-17-9-6-10-18-32)44-35-21-13-14-23-42-35/h5-12,15-20,25-26,35-36H,13-14,21-24H2,1-4H3. The van der Waals surface area contributed by atoms with Gasteiger partial charge >= 0.3 is 0 Å². The lowest BCUT2D eigenvalue weighted by Crippen LogP contribution is -2.30. The summed E-state index contributed by atoms with van der Waals surface area (Å²) < 4.78 is 10.4. The van der Waals surface area contributed by atoms with Crippen molar-refractivity contribution < 1.29 is 4.74 Å². The Kier molecular flexibility index (Phi) is 9.65. The first-order valence-electron chi connectivity index (χ1n) is 15.6. The predicted molar refractivity (Wildman–Crippen MR) is 184 cm³/mol. The largest absolute Gasteiger partial charge is 0.368 e. The number of ether oxygens (including phenoxy) is 1. The zero-order valence-electron chi connectivity index (χ0n) is 26.1. The number of aromatic nitrogens is 4. The molecule has 6 rings (SSSR count). The van der Waals surface area contributed by atoms with E-state index >= 15 is 0 Å². The van der Waals surface area contributed by atoms with Crippen LogP contribution in [0.5, 0.6) is 0 Å². The number of thioether (sulfide) groups is 2. The molecule has 3 aromatic carbocycles. The van der Waals surface area contributed by atoms with Gasteiger partial charge in [0.1, 0.15) is 5.44 Å². The second-order valence-electron chi connectivity index (χ2n) is 11.7. The number of hydrogen-bond acceptors (Lipinski definition) is 5. The summed E-state index contributed by atoms with van der Waals surface area (Å²) in [6.07, 6.45) is 4.27. The van der Waals surface area contributed by atoms with E-state index in [9.17, 15) is 0 Å². The van der Waals surface area contributed by atoms with Gasteiger partial charge in [0.25, 0.3) is 0 Å². The average Bonchev–Trinajstić information content (AvgIpc) is 3.56. The fraction of sp³-hybridized carbons (Fsp3) is 0.351. The SMILES string of the molecule is Cc1cc(C)n(C(c2ccccc2SCCC(SC2CCCCO2)(c2ccccc2)c2ccccc2)n2nc(C)cc2C)n1. The molecule has 7 heteroatoms. The summed E-state index contributed by atoms with van der Waals surface area (Å²) in [5.74, 6) is 0.946. The first-order chi connectivity index (χ1) is 21.4. The van der Waals surface area contributed by atoms with Crippen molar-refractivity contribution in [3.63, 3.8) is 0 Å². The number of benzene rings is 3. The topological polar surface area (TPSA) is 44.9 Å². The van der Waals surface area contributed by atoms with Gasteiger partial charge in [-0.15, -0.1) is 23.5 Å². The van der Waals surface area contributed by atoms with E-state index in [-0.39, 0.29) is 16.3 Å². The molecule has 0 saturated carbocycles. The highest BCUT2D eigenvalue weighted by atomic mass is 32.2. The fourth-order valence-electron chi connectivity index (χ4n) is 6.38. The quantitative estimate of drug-likeness (QED) is 0.138. The molecule has 0 N–H and O–H groups in total. The maximum Gasteiger partial charge on any atom is 0.170 e. The normalized spacial score (nSPS) is 15.6. The highest BCUT2D eigenvalue weighted by Crippen LogP contribution is 2.50. The van der Waals surface area contributed by atoms with Crippen molar-refractivity contribution in [2.45, 2.75) is 74.6 Å². The Morgan fingerprint density at radius 2 is 1.34 bits per heavy atom. The second kappa shape index (κ2) is 13.8. The molecule has 1 unspecified atom stereocenters. The van der Waals surface area contributed by atoms with Gasteiger partial charge in [0.2, 0.25) is 0 Å². The van der Waals surface area contributed by atoms with E-state index in [1.165, 1.54) is 28.0 Å². The van der Waals surface area contributed by atoms with Crippen molar-refractivity contribution in [1.82, 2.24) is 19.6 Å². The van der Waals surface area contributed by atoms with E-state index in [0.717, 1.165) is 54.4 Å². The van der Waals surface area contributed by atoms with Crippen LogP contribution in [-0.4, -0.2) is 37.4 Å². The monoisotopic (exact) mass is 622 g/mol. The molecule has 3 heterocycles. The molecule has 0 bridgehead atoms. The lowest BCUT2D eigenvalue weighted by atomic mass is 9.88. The molecule has 2 aromatic heterocycles. The van der Waals surface area contributed by atoms with E-state index < -0.39 is 0 Å². The Morgan fingerprint density at radius 1 is 0.773 bits per heavy atom. The van der Waals surface area contributed by atoms with Crippen LogP contribution in [0.3, 0.4) is 0 Å². The van der Waals surface area contributed by atoms with Crippen molar-refractivity contribution in [3.05, 3.63) is 137 Å². The van der Waals surface area contributed by atoms with Gasteiger partial charge in [-0.2, -0.15) is 10.2 Å². The number of nitrogens with zero attached hydrogens (tertiary/aromatic N) is 4. The van der Waals surface area contributed by atoms with Crippen molar-refractivity contribution in [1.29, 1.82) is 0 Å². The average molecular weight is 623 g/mol. The summed E-state index contributed by atoms with van der Waals surface area (Å²) in [6.45, 7) is 9.23. The summed E-state index contributed by atoms with van der Waals surface area (Å²) >= 11 is 3.94. The third kappa shape index (κ3) is 6.56. The number of hydrogen-bond donors (Lipinski definition) is 0. The van der Waals surface area contributed by atoms with Crippen LogP contribution in [0.2, 0.25) is 0 Å². The lowest BCUT2D eigenvalue weighted by molar-refractivity contribution is 0.0719. The van der Waals surface area contributed by atoms with Gasteiger partial charge in [-0.3, -0.25) is 0 Å². The Labute approximate surface area is 270 Å². The Hall–Kier alpha value is -3.26. The molecule has 0 aliphatic carbocycles. The van der Waals surface area contributed by atoms with Crippen LogP contribution in [0.15, 0.2) is 102 Å². The maximum atomic E-state index is 6.35.